The topological polar surface area (TPSA) is 103 Å². The Hall–Kier alpha value is -1.94. The number of anilines is 2. The molecule has 7 nitrogen and oxygen atoms in total. The fourth-order valence-electron chi connectivity index (χ4n) is 3.49. The van der Waals surface area contributed by atoms with Crippen molar-refractivity contribution in [1.29, 1.82) is 0 Å². The molecule has 4 N–H and O–H groups in total. The molecular weight excluding hydrogens is 430 g/mol. The second kappa shape index (κ2) is 9.68. The summed E-state index contributed by atoms with van der Waals surface area (Å²) in [5, 5.41) is 27.8. The van der Waals surface area contributed by atoms with Crippen molar-refractivity contribution < 1.29 is 10.2 Å². The SMILES string of the molecule is CC(C)(CO)Nc1nc(SCc2ccccc2)nc2nc(NC3CCC(O)CC3)sc12. The number of nitrogens with zero attached hydrogens (tertiary/aromatic N) is 3. The summed E-state index contributed by atoms with van der Waals surface area (Å²) in [6.07, 6.45) is 3.33. The van der Waals surface area contributed by atoms with Gasteiger partial charge in [-0.1, -0.05) is 53.4 Å². The highest BCUT2D eigenvalue weighted by atomic mass is 32.2. The predicted molar refractivity (Wildman–Crippen MR) is 128 cm³/mol. The highest BCUT2D eigenvalue weighted by Crippen LogP contribution is 2.35. The van der Waals surface area contributed by atoms with E-state index in [4.69, 9.17) is 15.0 Å². The monoisotopic (exact) mass is 459 g/mol. The Morgan fingerprint density at radius 3 is 2.55 bits per heavy atom. The number of aromatic nitrogens is 3. The lowest BCUT2D eigenvalue weighted by Gasteiger charge is -2.25. The number of aliphatic hydroxyl groups is 2. The minimum absolute atomic E-state index is 0.0146. The Morgan fingerprint density at radius 1 is 1.10 bits per heavy atom. The van der Waals surface area contributed by atoms with Gasteiger partial charge in [0, 0.05) is 11.8 Å². The van der Waals surface area contributed by atoms with Crippen molar-refractivity contribution in [2.75, 3.05) is 17.2 Å². The van der Waals surface area contributed by atoms with E-state index in [1.807, 2.05) is 32.0 Å². The summed E-state index contributed by atoms with van der Waals surface area (Å²) in [5.74, 6) is 1.47. The molecule has 166 valence electrons. The fraction of sp³-hybridized carbons (Fsp3) is 0.500. The Labute approximate surface area is 190 Å². The third-order valence-corrected chi connectivity index (χ3v) is 7.22. The average molecular weight is 460 g/mol. The zero-order valence-corrected chi connectivity index (χ0v) is 19.5. The van der Waals surface area contributed by atoms with Crippen LogP contribution in [0.2, 0.25) is 0 Å². The summed E-state index contributed by atoms with van der Waals surface area (Å²) in [7, 11) is 0. The summed E-state index contributed by atoms with van der Waals surface area (Å²) >= 11 is 3.10. The molecule has 0 amide bonds. The number of thiazole rings is 1. The van der Waals surface area contributed by atoms with Gasteiger partial charge in [-0.25, -0.2) is 9.97 Å². The summed E-state index contributed by atoms with van der Waals surface area (Å²) in [6, 6.07) is 10.6. The molecule has 1 aromatic carbocycles. The van der Waals surface area contributed by atoms with Gasteiger partial charge < -0.3 is 20.8 Å². The molecule has 1 saturated carbocycles. The van der Waals surface area contributed by atoms with Gasteiger partial charge in [0.15, 0.2) is 21.8 Å². The number of thioether (sulfide) groups is 1. The standard InChI is InChI=1S/C22H29N5O2S2/c1-22(2,13-28)27-19-17-18(24-20(26-19)30-12-14-6-4-3-5-7-14)25-21(31-17)23-15-8-10-16(29)11-9-15/h3-7,15-16,28-29H,8-13H2,1-2H3,(H2,23,24,25,26,27). The highest BCUT2D eigenvalue weighted by molar-refractivity contribution is 7.98. The largest absolute Gasteiger partial charge is 0.394 e. The lowest BCUT2D eigenvalue weighted by molar-refractivity contribution is 0.126. The van der Waals surface area contributed by atoms with E-state index in [0.29, 0.717) is 22.7 Å². The first-order valence-corrected chi connectivity index (χ1v) is 12.4. The second-order valence-electron chi connectivity index (χ2n) is 8.62. The van der Waals surface area contributed by atoms with Crippen LogP contribution in [0.3, 0.4) is 0 Å². The molecule has 2 heterocycles. The van der Waals surface area contributed by atoms with Crippen molar-refractivity contribution >= 4 is 44.4 Å². The quantitative estimate of drug-likeness (QED) is 0.292. The van der Waals surface area contributed by atoms with Crippen molar-refractivity contribution in [2.24, 2.45) is 0 Å². The van der Waals surface area contributed by atoms with E-state index < -0.39 is 5.54 Å². The van der Waals surface area contributed by atoms with Gasteiger partial charge in [-0.2, -0.15) is 4.98 Å². The number of fused-ring (bicyclic) bond motifs is 1. The van der Waals surface area contributed by atoms with E-state index in [2.05, 4.69) is 22.8 Å². The maximum Gasteiger partial charge on any atom is 0.191 e. The van der Waals surface area contributed by atoms with Crippen LogP contribution in [-0.4, -0.2) is 49.5 Å². The first kappa shape index (κ1) is 22.3. The van der Waals surface area contributed by atoms with Gasteiger partial charge in [0.1, 0.15) is 4.70 Å². The third-order valence-electron chi connectivity index (χ3n) is 5.32. The second-order valence-corrected chi connectivity index (χ2v) is 10.6. The van der Waals surface area contributed by atoms with Gasteiger partial charge >= 0.3 is 0 Å². The molecule has 3 aromatic rings. The molecule has 0 radical (unpaired) electrons. The summed E-state index contributed by atoms with van der Waals surface area (Å²) in [6.45, 7) is 3.86. The van der Waals surface area contributed by atoms with Gasteiger partial charge in [-0.05, 0) is 45.1 Å². The summed E-state index contributed by atoms with van der Waals surface area (Å²) < 4.78 is 0.879. The molecule has 4 rings (SSSR count). The maximum absolute atomic E-state index is 9.75. The van der Waals surface area contributed by atoms with E-state index in [0.717, 1.165) is 41.3 Å². The molecule has 0 saturated heterocycles. The third kappa shape index (κ3) is 5.85. The number of rotatable bonds is 8. The van der Waals surface area contributed by atoms with Gasteiger partial charge in [-0.15, -0.1) is 0 Å². The zero-order chi connectivity index (χ0) is 21.8. The highest BCUT2D eigenvalue weighted by Gasteiger charge is 2.23. The first-order chi connectivity index (χ1) is 14.9. The molecule has 0 aliphatic heterocycles. The van der Waals surface area contributed by atoms with Gasteiger partial charge in [-0.3, -0.25) is 0 Å². The van der Waals surface area contributed by atoms with Crippen molar-refractivity contribution in [3.63, 3.8) is 0 Å². The summed E-state index contributed by atoms with van der Waals surface area (Å²) in [5.41, 5.74) is 1.35. The van der Waals surface area contributed by atoms with Crippen LogP contribution in [0.15, 0.2) is 35.5 Å². The van der Waals surface area contributed by atoms with Gasteiger partial charge in [0.25, 0.3) is 0 Å². The predicted octanol–water partition coefficient (Wildman–Crippen LogP) is 4.28. The molecule has 1 aliphatic rings. The van der Waals surface area contributed by atoms with E-state index in [1.54, 1.807) is 11.8 Å². The molecule has 0 spiro atoms. The molecule has 0 unspecified atom stereocenters. The van der Waals surface area contributed by atoms with Crippen LogP contribution < -0.4 is 10.6 Å². The van der Waals surface area contributed by atoms with Crippen LogP contribution in [0.1, 0.15) is 45.1 Å². The van der Waals surface area contributed by atoms with Crippen molar-refractivity contribution in [3.05, 3.63) is 35.9 Å². The van der Waals surface area contributed by atoms with Crippen molar-refractivity contribution in [3.8, 4) is 0 Å². The van der Waals surface area contributed by atoms with Gasteiger partial charge in [0.05, 0.1) is 18.2 Å². The first-order valence-electron chi connectivity index (χ1n) is 10.6. The Kier molecular flexibility index (Phi) is 6.95. The number of nitrogens with one attached hydrogen (secondary N) is 2. The van der Waals surface area contributed by atoms with E-state index in [1.165, 1.54) is 16.9 Å². The molecule has 1 aliphatic carbocycles. The van der Waals surface area contributed by atoms with Crippen LogP contribution in [-0.2, 0) is 5.75 Å². The van der Waals surface area contributed by atoms with Crippen LogP contribution >= 0.6 is 23.1 Å². The number of hydrogen-bond acceptors (Lipinski definition) is 9. The van der Waals surface area contributed by atoms with Crippen LogP contribution in [0.25, 0.3) is 10.3 Å². The van der Waals surface area contributed by atoms with Gasteiger partial charge in [0.2, 0.25) is 0 Å². The van der Waals surface area contributed by atoms with E-state index in [-0.39, 0.29) is 12.7 Å². The Bertz CT molecular complexity index is 1000. The lowest BCUT2D eigenvalue weighted by Crippen LogP contribution is -2.35. The smallest absolute Gasteiger partial charge is 0.191 e. The normalized spacial score (nSPS) is 19.5. The minimum atomic E-state index is -0.514. The zero-order valence-electron chi connectivity index (χ0n) is 17.8. The van der Waals surface area contributed by atoms with Crippen LogP contribution in [0, 0.1) is 0 Å². The number of aliphatic hydroxyl groups excluding tert-OH is 2. The molecule has 9 heteroatoms. The number of hydrogen-bond donors (Lipinski definition) is 4. The Balaban J connectivity index is 1.59. The molecule has 31 heavy (non-hydrogen) atoms. The van der Waals surface area contributed by atoms with Crippen LogP contribution in [0.5, 0.6) is 0 Å². The average Bonchev–Trinajstić information content (AvgIpc) is 3.17. The molecule has 0 bridgehead atoms. The molecular formula is C22H29N5O2S2. The van der Waals surface area contributed by atoms with Crippen molar-refractivity contribution in [2.45, 2.75) is 68.1 Å². The molecule has 2 aromatic heterocycles. The van der Waals surface area contributed by atoms with Crippen molar-refractivity contribution in [1.82, 2.24) is 15.0 Å². The fourth-order valence-corrected chi connectivity index (χ4v) is 5.21. The summed E-state index contributed by atoms with van der Waals surface area (Å²) in [4.78, 5) is 14.2. The Morgan fingerprint density at radius 2 is 1.84 bits per heavy atom. The number of benzene rings is 1. The maximum atomic E-state index is 9.75. The van der Waals surface area contributed by atoms with Crippen LogP contribution in [0.4, 0.5) is 10.9 Å². The van der Waals surface area contributed by atoms with E-state index >= 15 is 0 Å². The minimum Gasteiger partial charge on any atom is -0.394 e. The van der Waals surface area contributed by atoms with E-state index in [9.17, 15) is 10.2 Å². The lowest BCUT2D eigenvalue weighted by atomic mass is 9.93. The molecule has 1 fully saturated rings. The molecule has 0 atom stereocenters.